The summed E-state index contributed by atoms with van der Waals surface area (Å²) in [6.07, 6.45) is 1.56. The number of H-pyrrole nitrogens is 1. The molecule has 0 saturated heterocycles. The zero-order valence-electron chi connectivity index (χ0n) is 14.4. The van der Waals surface area contributed by atoms with Crippen molar-refractivity contribution < 1.29 is 5.11 Å². The Hall–Kier alpha value is -2.67. The van der Waals surface area contributed by atoms with Gasteiger partial charge in [0.1, 0.15) is 5.39 Å². The number of anilines is 1. The third-order valence-electron chi connectivity index (χ3n) is 4.57. The minimum atomic E-state index is -0.564. The van der Waals surface area contributed by atoms with Crippen LogP contribution in [0.4, 0.5) is 5.95 Å². The van der Waals surface area contributed by atoms with Gasteiger partial charge in [-0.2, -0.15) is 10.1 Å². The minimum Gasteiger partial charge on any atom is -0.390 e. The molecule has 0 unspecified atom stereocenters. The summed E-state index contributed by atoms with van der Waals surface area (Å²) in [5.74, 6) is 0.337. The number of nitrogens with one attached hydrogen (secondary N) is 2. The number of hydrogen-bond donors (Lipinski definition) is 3. The highest BCUT2D eigenvalue weighted by molar-refractivity contribution is 5.74. The van der Waals surface area contributed by atoms with E-state index in [4.69, 9.17) is 0 Å². The fourth-order valence-electron chi connectivity index (χ4n) is 3.37. The van der Waals surface area contributed by atoms with E-state index in [-0.39, 0.29) is 17.1 Å². The molecule has 1 aliphatic rings. The molecule has 1 aliphatic carbocycles. The second-order valence-corrected chi connectivity index (χ2v) is 7.47. The first kappa shape index (κ1) is 15.8. The summed E-state index contributed by atoms with van der Waals surface area (Å²) >= 11 is 0. The molecule has 1 aromatic carbocycles. The number of benzene rings is 1. The van der Waals surface area contributed by atoms with Crippen molar-refractivity contribution in [3.8, 4) is 0 Å². The first-order chi connectivity index (χ1) is 11.8. The SMILES string of the molecule is CC(C)(C)n1ncc2c(=O)[nH]c(N[C@H]3c4ccccc4C[C@H]3O)nc21. The van der Waals surface area contributed by atoms with Crippen molar-refractivity contribution in [3.63, 3.8) is 0 Å². The maximum absolute atomic E-state index is 12.4. The lowest BCUT2D eigenvalue weighted by Gasteiger charge is -2.21. The van der Waals surface area contributed by atoms with Crippen LogP contribution in [-0.2, 0) is 12.0 Å². The van der Waals surface area contributed by atoms with Gasteiger partial charge in [-0.3, -0.25) is 9.78 Å². The Balaban J connectivity index is 1.77. The van der Waals surface area contributed by atoms with Gasteiger partial charge in [0.25, 0.3) is 5.56 Å². The number of aliphatic hydroxyl groups excluding tert-OH is 1. The van der Waals surface area contributed by atoms with Gasteiger partial charge in [-0.1, -0.05) is 24.3 Å². The number of aromatic nitrogens is 4. The van der Waals surface area contributed by atoms with Crippen LogP contribution < -0.4 is 10.9 Å². The van der Waals surface area contributed by atoms with E-state index in [0.29, 0.717) is 23.4 Å². The van der Waals surface area contributed by atoms with Gasteiger partial charge in [0.15, 0.2) is 5.65 Å². The largest absolute Gasteiger partial charge is 0.390 e. The van der Waals surface area contributed by atoms with Crippen LogP contribution in [0.25, 0.3) is 11.0 Å². The average molecular weight is 339 g/mol. The molecule has 3 N–H and O–H groups in total. The summed E-state index contributed by atoms with van der Waals surface area (Å²) in [5, 5.41) is 18.3. The summed E-state index contributed by atoms with van der Waals surface area (Å²) < 4.78 is 1.74. The Morgan fingerprint density at radius 3 is 2.84 bits per heavy atom. The van der Waals surface area contributed by atoms with Gasteiger partial charge in [-0.05, 0) is 31.9 Å². The molecule has 0 bridgehead atoms. The summed E-state index contributed by atoms with van der Waals surface area (Å²) in [6.45, 7) is 6.02. The molecule has 2 heterocycles. The lowest BCUT2D eigenvalue weighted by molar-refractivity contribution is 0.165. The van der Waals surface area contributed by atoms with Crippen molar-refractivity contribution >= 4 is 17.0 Å². The fraction of sp³-hybridized carbons (Fsp3) is 0.389. The third-order valence-corrected chi connectivity index (χ3v) is 4.57. The molecule has 2 atom stereocenters. The van der Waals surface area contributed by atoms with E-state index in [2.05, 4.69) is 20.4 Å². The lowest BCUT2D eigenvalue weighted by atomic mass is 10.1. The van der Waals surface area contributed by atoms with Gasteiger partial charge < -0.3 is 10.4 Å². The molecule has 4 rings (SSSR count). The van der Waals surface area contributed by atoms with Crippen LogP contribution in [0, 0.1) is 0 Å². The van der Waals surface area contributed by atoms with Crippen molar-refractivity contribution in [2.45, 2.75) is 44.9 Å². The summed E-state index contributed by atoms with van der Waals surface area (Å²) in [4.78, 5) is 19.7. The maximum Gasteiger partial charge on any atom is 0.263 e. The number of nitrogens with zero attached hydrogens (tertiary/aromatic N) is 3. The Morgan fingerprint density at radius 1 is 1.32 bits per heavy atom. The highest BCUT2D eigenvalue weighted by atomic mass is 16.3. The Labute approximate surface area is 144 Å². The number of hydrogen-bond acceptors (Lipinski definition) is 5. The monoisotopic (exact) mass is 339 g/mol. The van der Waals surface area contributed by atoms with Crippen LogP contribution in [0.2, 0.25) is 0 Å². The Bertz CT molecular complexity index is 999. The number of rotatable bonds is 2. The van der Waals surface area contributed by atoms with Crippen LogP contribution in [-0.4, -0.2) is 31.0 Å². The van der Waals surface area contributed by atoms with Crippen molar-refractivity contribution in [2.75, 3.05) is 5.32 Å². The molecule has 2 aromatic heterocycles. The molecule has 0 aliphatic heterocycles. The van der Waals surface area contributed by atoms with E-state index >= 15 is 0 Å². The topological polar surface area (TPSA) is 95.8 Å². The molecule has 0 radical (unpaired) electrons. The van der Waals surface area contributed by atoms with Crippen LogP contribution in [0.5, 0.6) is 0 Å². The molecular weight excluding hydrogens is 318 g/mol. The molecular formula is C18H21N5O2. The van der Waals surface area contributed by atoms with Crippen LogP contribution >= 0.6 is 0 Å². The molecule has 0 amide bonds. The maximum atomic E-state index is 12.4. The first-order valence-electron chi connectivity index (χ1n) is 8.35. The van der Waals surface area contributed by atoms with Crippen LogP contribution in [0.1, 0.15) is 37.9 Å². The Morgan fingerprint density at radius 2 is 2.08 bits per heavy atom. The molecule has 0 spiro atoms. The number of aliphatic hydroxyl groups is 1. The Kier molecular flexibility index (Phi) is 3.43. The first-order valence-corrected chi connectivity index (χ1v) is 8.35. The molecule has 0 saturated carbocycles. The second kappa shape index (κ2) is 5.42. The molecule has 130 valence electrons. The minimum absolute atomic E-state index is 0.247. The zero-order chi connectivity index (χ0) is 17.8. The van der Waals surface area contributed by atoms with E-state index in [9.17, 15) is 9.90 Å². The molecule has 7 nitrogen and oxygen atoms in total. The van der Waals surface area contributed by atoms with E-state index in [1.807, 2.05) is 45.0 Å². The normalized spacial score (nSPS) is 20.0. The number of fused-ring (bicyclic) bond motifs is 2. The molecule has 0 fully saturated rings. The van der Waals surface area contributed by atoms with E-state index in [1.54, 1.807) is 4.68 Å². The van der Waals surface area contributed by atoms with E-state index in [1.165, 1.54) is 6.20 Å². The van der Waals surface area contributed by atoms with Gasteiger partial charge >= 0.3 is 0 Å². The zero-order valence-corrected chi connectivity index (χ0v) is 14.4. The summed E-state index contributed by atoms with van der Waals surface area (Å²) in [7, 11) is 0. The second-order valence-electron chi connectivity index (χ2n) is 7.47. The quantitative estimate of drug-likeness (QED) is 0.663. The summed E-state index contributed by atoms with van der Waals surface area (Å²) in [6, 6.07) is 7.59. The van der Waals surface area contributed by atoms with Gasteiger partial charge in [-0.15, -0.1) is 0 Å². The predicted octanol–water partition coefficient (Wildman–Crippen LogP) is 1.94. The molecule has 25 heavy (non-hydrogen) atoms. The standard InChI is InChI=1S/C18H21N5O2/c1-18(2,3)23-15-12(9-19-23)16(25)22-17(21-15)20-14-11-7-5-4-6-10(11)8-13(14)24/h4-7,9,13-14,24H,8H2,1-3H3,(H2,20,21,22,25)/t13-,14+/m1/s1. The average Bonchev–Trinajstić information content (AvgIpc) is 3.09. The van der Waals surface area contributed by atoms with Crippen molar-refractivity contribution in [3.05, 3.63) is 51.9 Å². The van der Waals surface area contributed by atoms with Crippen molar-refractivity contribution in [2.24, 2.45) is 0 Å². The van der Waals surface area contributed by atoms with Crippen LogP contribution in [0.15, 0.2) is 35.3 Å². The third kappa shape index (κ3) is 2.60. The van der Waals surface area contributed by atoms with Crippen molar-refractivity contribution in [1.29, 1.82) is 0 Å². The highest BCUT2D eigenvalue weighted by Crippen LogP contribution is 2.33. The number of aromatic amines is 1. The van der Waals surface area contributed by atoms with Crippen molar-refractivity contribution in [1.82, 2.24) is 19.7 Å². The van der Waals surface area contributed by atoms with Crippen LogP contribution in [0.3, 0.4) is 0 Å². The lowest BCUT2D eigenvalue weighted by Crippen LogP contribution is -2.26. The van der Waals surface area contributed by atoms with E-state index < -0.39 is 6.10 Å². The summed E-state index contributed by atoms with van der Waals surface area (Å²) in [5.41, 5.74) is 2.13. The fourth-order valence-corrected chi connectivity index (χ4v) is 3.37. The van der Waals surface area contributed by atoms with Gasteiger partial charge in [0.05, 0.1) is 23.9 Å². The highest BCUT2D eigenvalue weighted by Gasteiger charge is 2.31. The van der Waals surface area contributed by atoms with Gasteiger partial charge in [0, 0.05) is 6.42 Å². The predicted molar refractivity (Wildman–Crippen MR) is 95.7 cm³/mol. The smallest absolute Gasteiger partial charge is 0.263 e. The van der Waals surface area contributed by atoms with E-state index in [0.717, 1.165) is 11.1 Å². The van der Waals surface area contributed by atoms with Gasteiger partial charge in [-0.25, -0.2) is 4.68 Å². The molecule has 3 aromatic rings. The van der Waals surface area contributed by atoms with Gasteiger partial charge in [0.2, 0.25) is 5.95 Å². The molecule has 7 heteroatoms.